The van der Waals surface area contributed by atoms with Gasteiger partial charge in [0, 0.05) is 5.02 Å². The standard InChI is InChI=1S/C15H15Cl/c1-10-7-12(3)15(8-11(10)2)13-5-4-6-14(16)9-13/h4-9H,1-3H3. The van der Waals surface area contributed by atoms with Crippen LogP contribution in [0.5, 0.6) is 0 Å². The summed E-state index contributed by atoms with van der Waals surface area (Å²) in [4.78, 5) is 0. The van der Waals surface area contributed by atoms with Crippen LogP contribution >= 0.6 is 11.6 Å². The normalized spacial score (nSPS) is 10.5. The van der Waals surface area contributed by atoms with Crippen molar-refractivity contribution in [3.8, 4) is 11.1 Å². The molecule has 0 aromatic heterocycles. The quantitative estimate of drug-likeness (QED) is 0.652. The van der Waals surface area contributed by atoms with Crippen molar-refractivity contribution in [2.24, 2.45) is 0 Å². The Morgan fingerprint density at radius 3 is 2.19 bits per heavy atom. The van der Waals surface area contributed by atoms with Crippen LogP contribution < -0.4 is 0 Å². The molecule has 0 nitrogen and oxygen atoms in total. The van der Waals surface area contributed by atoms with Gasteiger partial charge < -0.3 is 0 Å². The molecule has 0 atom stereocenters. The highest BCUT2D eigenvalue weighted by atomic mass is 35.5. The van der Waals surface area contributed by atoms with Gasteiger partial charge in [0.1, 0.15) is 0 Å². The minimum atomic E-state index is 0.787. The van der Waals surface area contributed by atoms with E-state index in [9.17, 15) is 0 Å². The molecule has 0 aliphatic carbocycles. The lowest BCUT2D eigenvalue weighted by Crippen LogP contribution is -1.88. The van der Waals surface area contributed by atoms with E-state index in [0.29, 0.717) is 0 Å². The lowest BCUT2D eigenvalue weighted by atomic mass is 9.96. The van der Waals surface area contributed by atoms with Crippen molar-refractivity contribution in [3.63, 3.8) is 0 Å². The number of benzene rings is 2. The van der Waals surface area contributed by atoms with Crippen LogP contribution in [0.1, 0.15) is 16.7 Å². The number of hydrogen-bond acceptors (Lipinski definition) is 0. The summed E-state index contributed by atoms with van der Waals surface area (Å²) >= 11 is 6.02. The van der Waals surface area contributed by atoms with Crippen LogP contribution in [0.2, 0.25) is 5.02 Å². The highest BCUT2D eigenvalue weighted by Crippen LogP contribution is 2.28. The van der Waals surface area contributed by atoms with Gasteiger partial charge in [-0.1, -0.05) is 35.9 Å². The molecule has 0 fully saturated rings. The van der Waals surface area contributed by atoms with Gasteiger partial charge in [0.2, 0.25) is 0 Å². The zero-order chi connectivity index (χ0) is 11.7. The van der Waals surface area contributed by atoms with Gasteiger partial charge in [0.15, 0.2) is 0 Å². The molecule has 0 bridgehead atoms. The van der Waals surface area contributed by atoms with E-state index in [1.54, 1.807) is 0 Å². The summed E-state index contributed by atoms with van der Waals surface area (Å²) in [5.41, 5.74) is 6.41. The van der Waals surface area contributed by atoms with Crippen LogP contribution in [0.15, 0.2) is 36.4 Å². The maximum Gasteiger partial charge on any atom is 0.0412 e. The lowest BCUT2D eigenvalue weighted by molar-refractivity contribution is 1.30. The highest BCUT2D eigenvalue weighted by Gasteiger charge is 2.04. The third-order valence-electron chi connectivity index (χ3n) is 2.98. The molecule has 82 valence electrons. The Labute approximate surface area is 102 Å². The molecule has 16 heavy (non-hydrogen) atoms. The van der Waals surface area contributed by atoms with Crippen molar-refractivity contribution in [2.45, 2.75) is 20.8 Å². The zero-order valence-electron chi connectivity index (χ0n) is 9.84. The molecule has 0 N–H and O–H groups in total. The minimum Gasteiger partial charge on any atom is -0.0843 e. The van der Waals surface area contributed by atoms with Crippen LogP contribution in [-0.4, -0.2) is 0 Å². The monoisotopic (exact) mass is 230 g/mol. The van der Waals surface area contributed by atoms with Gasteiger partial charge in [-0.2, -0.15) is 0 Å². The Morgan fingerprint density at radius 2 is 1.50 bits per heavy atom. The molecule has 0 unspecified atom stereocenters. The average molecular weight is 231 g/mol. The molecular weight excluding hydrogens is 216 g/mol. The third kappa shape index (κ3) is 2.12. The van der Waals surface area contributed by atoms with Crippen molar-refractivity contribution in [2.75, 3.05) is 0 Å². The van der Waals surface area contributed by atoms with E-state index in [4.69, 9.17) is 11.6 Å². The molecule has 0 radical (unpaired) electrons. The Balaban J connectivity index is 2.60. The van der Waals surface area contributed by atoms with Crippen molar-refractivity contribution in [3.05, 3.63) is 58.1 Å². The second-order valence-electron chi connectivity index (χ2n) is 4.26. The summed E-state index contributed by atoms with van der Waals surface area (Å²) in [5, 5.41) is 0.787. The number of halogens is 1. The van der Waals surface area contributed by atoms with Gasteiger partial charge in [0.25, 0.3) is 0 Å². The second kappa shape index (κ2) is 4.31. The molecule has 0 spiro atoms. The fourth-order valence-electron chi connectivity index (χ4n) is 1.93. The maximum atomic E-state index is 6.02. The van der Waals surface area contributed by atoms with E-state index in [2.05, 4.69) is 39.0 Å². The van der Waals surface area contributed by atoms with E-state index >= 15 is 0 Å². The predicted molar refractivity (Wildman–Crippen MR) is 71.1 cm³/mol. The summed E-state index contributed by atoms with van der Waals surface area (Å²) in [7, 11) is 0. The summed E-state index contributed by atoms with van der Waals surface area (Å²) < 4.78 is 0. The second-order valence-corrected chi connectivity index (χ2v) is 4.70. The largest absolute Gasteiger partial charge is 0.0843 e. The van der Waals surface area contributed by atoms with Crippen LogP contribution in [0, 0.1) is 20.8 Å². The van der Waals surface area contributed by atoms with Crippen molar-refractivity contribution >= 4 is 11.6 Å². The van der Waals surface area contributed by atoms with Crippen LogP contribution in [-0.2, 0) is 0 Å². The van der Waals surface area contributed by atoms with Gasteiger partial charge in [-0.15, -0.1) is 0 Å². The number of aryl methyl sites for hydroxylation is 3. The van der Waals surface area contributed by atoms with Crippen LogP contribution in [0.4, 0.5) is 0 Å². The molecule has 2 aromatic rings. The van der Waals surface area contributed by atoms with Gasteiger partial charge in [-0.25, -0.2) is 0 Å². The van der Waals surface area contributed by atoms with Crippen molar-refractivity contribution in [1.29, 1.82) is 0 Å². The Morgan fingerprint density at radius 1 is 0.812 bits per heavy atom. The molecule has 0 saturated carbocycles. The van der Waals surface area contributed by atoms with Crippen LogP contribution in [0.25, 0.3) is 11.1 Å². The first-order valence-electron chi connectivity index (χ1n) is 5.42. The fraction of sp³-hybridized carbons (Fsp3) is 0.200. The van der Waals surface area contributed by atoms with E-state index in [1.807, 2.05) is 18.2 Å². The Bertz CT molecular complexity index is 527. The molecule has 1 heteroatoms. The van der Waals surface area contributed by atoms with E-state index in [1.165, 1.54) is 27.8 Å². The Kier molecular flexibility index (Phi) is 3.02. The zero-order valence-corrected chi connectivity index (χ0v) is 10.6. The molecule has 2 aromatic carbocycles. The molecule has 2 rings (SSSR count). The first kappa shape index (κ1) is 11.2. The third-order valence-corrected chi connectivity index (χ3v) is 3.21. The maximum absolute atomic E-state index is 6.02. The summed E-state index contributed by atoms with van der Waals surface area (Å²) in [6.45, 7) is 6.43. The van der Waals surface area contributed by atoms with E-state index < -0.39 is 0 Å². The van der Waals surface area contributed by atoms with Gasteiger partial charge >= 0.3 is 0 Å². The van der Waals surface area contributed by atoms with Gasteiger partial charge in [-0.05, 0) is 60.7 Å². The van der Waals surface area contributed by atoms with Crippen molar-refractivity contribution < 1.29 is 0 Å². The predicted octanol–water partition coefficient (Wildman–Crippen LogP) is 4.93. The number of rotatable bonds is 1. The average Bonchev–Trinajstić information content (AvgIpc) is 2.23. The lowest BCUT2D eigenvalue weighted by Gasteiger charge is -2.10. The molecule has 0 aliphatic heterocycles. The Hall–Kier alpha value is -1.27. The van der Waals surface area contributed by atoms with Gasteiger partial charge in [0.05, 0.1) is 0 Å². The number of hydrogen-bond donors (Lipinski definition) is 0. The molecule has 0 heterocycles. The molecular formula is C15H15Cl. The van der Waals surface area contributed by atoms with Gasteiger partial charge in [-0.3, -0.25) is 0 Å². The first-order chi connectivity index (χ1) is 7.58. The highest BCUT2D eigenvalue weighted by molar-refractivity contribution is 6.30. The topological polar surface area (TPSA) is 0 Å². The van der Waals surface area contributed by atoms with Crippen LogP contribution in [0.3, 0.4) is 0 Å². The summed E-state index contributed by atoms with van der Waals surface area (Å²) in [6, 6.07) is 12.5. The van der Waals surface area contributed by atoms with Crippen molar-refractivity contribution in [1.82, 2.24) is 0 Å². The summed E-state index contributed by atoms with van der Waals surface area (Å²) in [5.74, 6) is 0. The summed E-state index contributed by atoms with van der Waals surface area (Å²) in [6.07, 6.45) is 0. The smallest absolute Gasteiger partial charge is 0.0412 e. The fourth-order valence-corrected chi connectivity index (χ4v) is 2.12. The SMILES string of the molecule is Cc1cc(C)c(-c2cccc(Cl)c2)cc1C. The molecule has 0 amide bonds. The molecule has 0 saturated heterocycles. The van der Waals surface area contributed by atoms with E-state index in [-0.39, 0.29) is 0 Å². The molecule has 0 aliphatic rings. The minimum absolute atomic E-state index is 0.787. The first-order valence-corrected chi connectivity index (χ1v) is 5.79. The van der Waals surface area contributed by atoms with E-state index in [0.717, 1.165) is 5.02 Å².